The van der Waals surface area contributed by atoms with Crippen molar-refractivity contribution >= 4 is 6.29 Å². The number of ether oxygens (including phenoxy) is 1. The number of nitriles is 1. The number of benzene rings is 2. The van der Waals surface area contributed by atoms with Crippen molar-refractivity contribution in [1.82, 2.24) is 0 Å². The van der Waals surface area contributed by atoms with Gasteiger partial charge in [0.05, 0.1) is 11.1 Å². The SMILES string of the molecule is N#Cc1cc(C=O)ccc1Oc1ccccc1C(F)(F)F. The molecule has 0 amide bonds. The molecule has 0 unspecified atom stereocenters. The van der Waals surface area contributed by atoms with Gasteiger partial charge in [0.15, 0.2) is 0 Å². The molecular formula is C15H8F3NO2. The van der Waals surface area contributed by atoms with Crippen molar-refractivity contribution in [3.05, 3.63) is 59.2 Å². The number of carbonyl (C=O) groups is 1. The molecule has 0 saturated carbocycles. The second-order valence-electron chi connectivity index (χ2n) is 4.08. The Morgan fingerprint density at radius 1 is 1.10 bits per heavy atom. The molecule has 2 rings (SSSR count). The van der Waals surface area contributed by atoms with E-state index in [1.807, 2.05) is 0 Å². The van der Waals surface area contributed by atoms with E-state index >= 15 is 0 Å². The van der Waals surface area contributed by atoms with Gasteiger partial charge in [-0.25, -0.2) is 0 Å². The highest BCUT2D eigenvalue weighted by atomic mass is 19.4. The van der Waals surface area contributed by atoms with E-state index in [4.69, 9.17) is 10.00 Å². The molecular weight excluding hydrogens is 283 g/mol. The molecule has 0 aromatic heterocycles. The quantitative estimate of drug-likeness (QED) is 0.797. The average molecular weight is 291 g/mol. The zero-order valence-electron chi connectivity index (χ0n) is 10.5. The van der Waals surface area contributed by atoms with Crippen LogP contribution in [0, 0.1) is 11.3 Å². The van der Waals surface area contributed by atoms with Crippen molar-refractivity contribution in [1.29, 1.82) is 5.26 Å². The van der Waals surface area contributed by atoms with Crippen LogP contribution in [-0.2, 0) is 6.18 Å². The molecule has 0 aliphatic rings. The molecule has 0 N–H and O–H groups in total. The van der Waals surface area contributed by atoms with Gasteiger partial charge in [-0.05, 0) is 30.3 Å². The van der Waals surface area contributed by atoms with Crippen molar-refractivity contribution in [2.24, 2.45) is 0 Å². The van der Waals surface area contributed by atoms with Crippen LogP contribution < -0.4 is 4.74 Å². The van der Waals surface area contributed by atoms with Gasteiger partial charge < -0.3 is 4.74 Å². The van der Waals surface area contributed by atoms with Crippen LogP contribution in [0.25, 0.3) is 0 Å². The Balaban J connectivity index is 2.44. The summed E-state index contributed by atoms with van der Waals surface area (Å²) in [7, 11) is 0. The summed E-state index contributed by atoms with van der Waals surface area (Å²) in [6, 6.07) is 10.4. The lowest BCUT2D eigenvalue weighted by atomic mass is 10.1. The Morgan fingerprint density at radius 3 is 2.43 bits per heavy atom. The lowest BCUT2D eigenvalue weighted by Crippen LogP contribution is -2.07. The van der Waals surface area contributed by atoms with Gasteiger partial charge in [-0.3, -0.25) is 4.79 Å². The van der Waals surface area contributed by atoms with Crippen LogP contribution in [0.1, 0.15) is 21.5 Å². The highest BCUT2D eigenvalue weighted by Crippen LogP contribution is 2.38. The smallest absolute Gasteiger partial charge is 0.419 e. The molecule has 6 heteroatoms. The summed E-state index contributed by atoms with van der Waals surface area (Å²) in [5.74, 6) is -0.444. The van der Waals surface area contributed by atoms with Crippen LogP contribution in [0.5, 0.6) is 11.5 Å². The summed E-state index contributed by atoms with van der Waals surface area (Å²) in [5, 5.41) is 8.98. The molecule has 21 heavy (non-hydrogen) atoms. The van der Waals surface area contributed by atoms with Crippen molar-refractivity contribution in [2.45, 2.75) is 6.18 Å². The lowest BCUT2D eigenvalue weighted by Gasteiger charge is -2.14. The Morgan fingerprint density at radius 2 is 1.81 bits per heavy atom. The summed E-state index contributed by atoms with van der Waals surface area (Å²) in [4.78, 5) is 10.6. The van der Waals surface area contributed by atoms with Gasteiger partial charge in [0, 0.05) is 5.56 Å². The molecule has 3 nitrogen and oxygen atoms in total. The van der Waals surface area contributed by atoms with Gasteiger partial charge in [0.1, 0.15) is 23.9 Å². The maximum Gasteiger partial charge on any atom is 0.419 e. The molecule has 0 bridgehead atoms. The topological polar surface area (TPSA) is 50.1 Å². The molecule has 106 valence electrons. The minimum absolute atomic E-state index is 0.0171. The van der Waals surface area contributed by atoms with Gasteiger partial charge in [-0.1, -0.05) is 12.1 Å². The first-order chi connectivity index (χ1) is 9.95. The van der Waals surface area contributed by atoms with Gasteiger partial charge in [0.25, 0.3) is 0 Å². The maximum absolute atomic E-state index is 12.9. The summed E-state index contributed by atoms with van der Waals surface area (Å²) < 4.78 is 43.8. The number of aldehydes is 1. The van der Waals surface area contributed by atoms with Crippen molar-refractivity contribution in [3.63, 3.8) is 0 Å². The number of rotatable bonds is 3. The predicted molar refractivity (Wildman–Crippen MR) is 68.1 cm³/mol. The van der Waals surface area contributed by atoms with Crippen LogP contribution in [0.4, 0.5) is 13.2 Å². The second kappa shape index (κ2) is 5.67. The van der Waals surface area contributed by atoms with Gasteiger partial charge in [-0.2, -0.15) is 18.4 Å². The summed E-state index contributed by atoms with van der Waals surface area (Å²) in [6.45, 7) is 0. The second-order valence-corrected chi connectivity index (χ2v) is 4.08. The van der Waals surface area contributed by atoms with E-state index in [-0.39, 0.29) is 16.9 Å². The van der Waals surface area contributed by atoms with E-state index < -0.39 is 17.5 Å². The Bertz CT molecular complexity index is 718. The molecule has 0 radical (unpaired) electrons. The number of hydrogen-bond donors (Lipinski definition) is 0. The highest BCUT2D eigenvalue weighted by Gasteiger charge is 2.34. The van der Waals surface area contributed by atoms with E-state index in [1.54, 1.807) is 6.07 Å². The Kier molecular flexibility index (Phi) is 3.94. The third-order valence-corrected chi connectivity index (χ3v) is 2.67. The molecule has 0 atom stereocenters. The molecule has 0 saturated heterocycles. The van der Waals surface area contributed by atoms with Gasteiger partial charge >= 0.3 is 6.18 Å². The molecule has 0 aliphatic heterocycles. The number of halogens is 3. The van der Waals surface area contributed by atoms with E-state index in [0.717, 1.165) is 12.1 Å². The number of alkyl halides is 3. The van der Waals surface area contributed by atoms with E-state index in [2.05, 4.69) is 0 Å². The van der Waals surface area contributed by atoms with Crippen molar-refractivity contribution in [3.8, 4) is 17.6 Å². The lowest BCUT2D eigenvalue weighted by molar-refractivity contribution is -0.138. The van der Waals surface area contributed by atoms with Gasteiger partial charge in [-0.15, -0.1) is 0 Å². The third kappa shape index (κ3) is 3.20. The summed E-state index contributed by atoms with van der Waals surface area (Å²) in [6.07, 6.45) is -4.03. The number of para-hydroxylation sites is 1. The Labute approximate surface area is 118 Å². The summed E-state index contributed by atoms with van der Waals surface area (Å²) >= 11 is 0. The highest BCUT2D eigenvalue weighted by molar-refractivity contribution is 5.76. The van der Waals surface area contributed by atoms with Crippen molar-refractivity contribution in [2.75, 3.05) is 0 Å². The number of hydrogen-bond acceptors (Lipinski definition) is 3. The molecule has 0 heterocycles. The predicted octanol–water partition coefficient (Wildman–Crippen LogP) is 4.18. The van der Waals surface area contributed by atoms with Crippen LogP contribution in [-0.4, -0.2) is 6.29 Å². The minimum Gasteiger partial charge on any atom is -0.455 e. The first-order valence-corrected chi connectivity index (χ1v) is 5.79. The average Bonchev–Trinajstić information content (AvgIpc) is 2.47. The van der Waals surface area contributed by atoms with E-state index in [9.17, 15) is 18.0 Å². The molecule has 0 aliphatic carbocycles. The zero-order chi connectivity index (χ0) is 15.5. The fourth-order valence-corrected chi connectivity index (χ4v) is 1.71. The van der Waals surface area contributed by atoms with Gasteiger partial charge in [0.2, 0.25) is 0 Å². The molecule has 2 aromatic carbocycles. The van der Waals surface area contributed by atoms with Crippen LogP contribution >= 0.6 is 0 Å². The largest absolute Gasteiger partial charge is 0.455 e. The normalized spacial score (nSPS) is 10.8. The number of carbonyl (C=O) groups excluding carboxylic acids is 1. The first-order valence-electron chi connectivity index (χ1n) is 5.79. The monoisotopic (exact) mass is 291 g/mol. The van der Waals surface area contributed by atoms with E-state index in [0.29, 0.717) is 6.29 Å². The molecule has 0 fully saturated rings. The van der Waals surface area contributed by atoms with Crippen molar-refractivity contribution < 1.29 is 22.7 Å². The van der Waals surface area contributed by atoms with E-state index in [1.165, 1.54) is 30.3 Å². The zero-order valence-corrected chi connectivity index (χ0v) is 10.5. The molecule has 2 aromatic rings. The minimum atomic E-state index is -4.56. The maximum atomic E-state index is 12.9. The standard InChI is InChI=1S/C15H8F3NO2/c16-15(17,18)12-3-1-2-4-14(12)21-13-6-5-10(9-20)7-11(13)8-19/h1-7,9H. The van der Waals surface area contributed by atoms with Crippen LogP contribution in [0.15, 0.2) is 42.5 Å². The fraction of sp³-hybridized carbons (Fsp3) is 0.0667. The third-order valence-electron chi connectivity index (χ3n) is 2.67. The molecule has 0 spiro atoms. The van der Waals surface area contributed by atoms with Crippen LogP contribution in [0.2, 0.25) is 0 Å². The fourth-order valence-electron chi connectivity index (χ4n) is 1.71. The Hall–Kier alpha value is -2.81. The summed E-state index contributed by atoms with van der Waals surface area (Å²) in [5.41, 5.74) is -0.715. The number of nitrogens with zero attached hydrogens (tertiary/aromatic N) is 1. The first kappa shape index (κ1) is 14.6. The van der Waals surface area contributed by atoms with Crippen LogP contribution in [0.3, 0.4) is 0 Å².